The van der Waals surface area contributed by atoms with Crippen LogP contribution in [0.4, 0.5) is 0 Å². The van der Waals surface area contributed by atoms with Gasteiger partial charge in [0, 0.05) is 83.8 Å². The highest BCUT2D eigenvalue weighted by Gasteiger charge is 2.26. The molecule has 0 saturated carbocycles. The van der Waals surface area contributed by atoms with Crippen LogP contribution in [0.2, 0.25) is 0 Å². The van der Waals surface area contributed by atoms with Gasteiger partial charge in [0.15, 0.2) is 11.6 Å². The van der Waals surface area contributed by atoms with E-state index in [9.17, 15) is 0 Å². The second-order valence-electron chi connectivity index (χ2n) is 14.3. The smallest absolute Gasteiger partial charge is 0.238 e. The van der Waals surface area contributed by atoms with Crippen LogP contribution in [0.3, 0.4) is 0 Å². The minimum absolute atomic E-state index is 0.571. The van der Waals surface area contributed by atoms with Crippen molar-refractivity contribution in [2.45, 2.75) is 0 Å². The molecule has 56 heavy (non-hydrogen) atoms. The predicted molar refractivity (Wildman–Crippen MR) is 236 cm³/mol. The third kappa shape index (κ3) is 4.15. The topological polar surface area (TPSA) is 56.7 Å². The molecule has 0 aliphatic carbocycles. The second-order valence-corrected chi connectivity index (χ2v) is 16.4. The van der Waals surface area contributed by atoms with Crippen molar-refractivity contribution >= 4 is 118 Å². The first-order chi connectivity index (χ1) is 27.8. The van der Waals surface area contributed by atoms with Crippen LogP contribution in [0.15, 0.2) is 162 Å². The van der Waals surface area contributed by atoms with E-state index in [4.69, 9.17) is 19.4 Å². The Hall–Kier alpha value is -6.93. The summed E-state index contributed by atoms with van der Waals surface area (Å²) in [7, 11) is 0. The van der Waals surface area contributed by atoms with Gasteiger partial charge in [-0.1, -0.05) is 115 Å². The Bertz CT molecular complexity index is 3780. The molecule has 13 rings (SSSR count). The first-order valence-electron chi connectivity index (χ1n) is 18.6. The second kappa shape index (κ2) is 11.3. The summed E-state index contributed by atoms with van der Waals surface area (Å²) in [6, 6.07) is 55.6. The molecule has 5 heterocycles. The van der Waals surface area contributed by atoms with Crippen LogP contribution in [0.25, 0.3) is 124 Å². The van der Waals surface area contributed by atoms with Gasteiger partial charge in [-0.3, -0.25) is 4.57 Å². The molecule has 7 heteroatoms. The van der Waals surface area contributed by atoms with Gasteiger partial charge in [-0.2, -0.15) is 9.97 Å². The highest BCUT2D eigenvalue weighted by molar-refractivity contribution is 7.27. The number of aromatic nitrogens is 4. The average Bonchev–Trinajstić information content (AvgIpc) is 4.02. The lowest BCUT2D eigenvalue weighted by Crippen LogP contribution is -2.06. The van der Waals surface area contributed by atoms with Crippen LogP contribution in [-0.2, 0) is 0 Å². The number of hydrogen-bond acceptors (Lipinski definition) is 6. The predicted octanol–water partition coefficient (Wildman–Crippen LogP) is 14.1. The van der Waals surface area contributed by atoms with E-state index in [1.807, 2.05) is 59.1 Å². The van der Waals surface area contributed by atoms with Crippen LogP contribution in [0.1, 0.15) is 0 Å². The molecule has 0 aliphatic rings. The molecule has 0 bridgehead atoms. The maximum Gasteiger partial charge on any atom is 0.238 e. The molecule has 0 fully saturated rings. The number of rotatable bonds is 3. The lowest BCUT2D eigenvalue weighted by Gasteiger charge is -2.13. The van der Waals surface area contributed by atoms with Crippen LogP contribution in [-0.4, -0.2) is 19.5 Å². The summed E-state index contributed by atoms with van der Waals surface area (Å²) < 4.78 is 13.8. The van der Waals surface area contributed by atoms with Crippen LogP contribution in [0.5, 0.6) is 0 Å². The van der Waals surface area contributed by atoms with Crippen LogP contribution >= 0.6 is 22.7 Å². The van der Waals surface area contributed by atoms with Crippen molar-refractivity contribution in [1.82, 2.24) is 19.5 Å². The summed E-state index contributed by atoms with van der Waals surface area (Å²) in [4.78, 5) is 15.8. The Morgan fingerprint density at radius 1 is 0.411 bits per heavy atom. The molecule has 0 unspecified atom stereocenters. The van der Waals surface area contributed by atoms with Gasteiger partial charge in [0.1, 0.15) is 11.2 Å². The zero-order valence-corrected chi connectivity index (χ0v) is 31.2. The number of furan rings is 1. The van der Waals surface area contributed by atoms with Crippen molar-refractivity contribution in [3.63, 3.8) is 0 Å². The molecular weight excluding hydrogens is 725 g/mol. The lowest BCUT2D eigenvalue weighted by atomic mass is 9.96. The minimum Gasteiger partial charge on any atom is -0.456 e. The van der Waals surface area contributed by atoms with E-state index in [0.29, 0.717) is 17.6 Å². The normalized spacial score (nSPS) is 12.3. The van der Waals surface area contributed by atoms with E-state index in [-0.39, 0.29) is 0 Å². The van der Waals surface area contributed by atoms with Gasteiger partial charge in [0.05, 0.1) is 11.0 Å². The zero-order chi connectivity index (χ0) is 36.5. The third-order valence-electron chi connectivity index (χ3n) is 11.2. The Morgan fingerprint density at radius 3 is 1.89 bits per heavy atom. The maximum absolute atomic E-state index is 6.35. The summed E-state index contributed by atoms with van der Waals surface area (Å²) in [5.74, 6) is 1.77. The number of benzene rings is 8. The fourth-order valence-corrected chi connectivity index (χ4v) is 11.2. The van der Waals surface area contributed by atoms with Crippen molar-refractivity contribution < 1.29 is 4.42 Å². The van der Waals surface area contributed by atoms with Gasteiger partial charge in [0.25, 0.3) is 0 Å². The summed E-state index contributed by atoms with van der Waals surface area (Å²) in [5, 5.41) is 12.2. The molecule has 5 aromatic heterocycles. The SMILES string of the molecule is c1ccc(-c2nc(-c3ccc4c(c3)oc3ccccc34)nc(-n3c4ccccc4c4c5sc6ccccc6c5c5c(ccc6sc7ccccc7c65)c43)n2)cc1. The largest absolute Gasteiger partial charge is 0.456 e. The molecule has 260 valence electrons. The van der Waals surface area contributed by atoms with Gasteiger partial charge in [-0.25, -0.2) is 4.98 Å². The Labute approximate surface area is 326 Å². The van der Waals surface area contributed by atoms with Crippen LogP contribution in [0, 0.1) is 0 Å². The maximum atomic E-state index is 6.35. The fraction of sp³-hybridized carbons (Fsp3) is 0. The number of hydrogen-bond donors (Lipinski definition) is 0. The summed E-state index contributed by atoms with van der Waals surface area (Å²) in [6.45, 7) is 0. The van der Waals surface area contributed by atoms with E-state index < -0.39 is 0 Å². The quantitative estimate of drug-likeness (QED) is 0.180. The molecule has 0 amide bonds. The third-order valence-corrected chi connectivity index (χ3v) is 13.6. The van der Waals surface area contributed by atoms with Crippen molar-refractivity contribution in [2.75, 3.05) is 0 Å². The van der Waals surface area contributed by atoms with Crippen molar-refractivity contribution in [2.24, 2.45) is 0 Å². The Balaban J connectivity index is 1.20. The minimum atomic E-state index is 0.571. The molecule has 0 N–H and O–H groups in total. The van der Waals surface area contributed by atoms with Crippen molar-refractivity contribution in [3.05, 3.63) is 158 Å². The molecule has 0 spiro atoms. The van der Waals surface area contributed by atoms with E-state index in [1.54, 1.807) is 0 Å². The molecule has 0 aliphatic heterocycles. The summed E-state index contributed by atoms with van der Waals surface area (Å²) >= 11 is 3.74. The van der Waals surface area contributed by atoms with Crippen molar-refractivity contribution in [1.29, 1.82) is 0 Å². The van der Waals surface area contributed by atoms with Crippen LogP contribution < -0.4 is 0 Å². The molecule has 0 radical (unpaired) electrons. The highest BCUT2D eigenvalue weighted by Crippen LogP contribution is 2.51. The fourth-order valence-electron chi connectivity index (χ4n) is 8.85. The highest BCUT2D eigenvalue weighted by atomic mass is 32.1. The molecule has 0 atom stereocenters. The zero-order valence-electron chi connectivity index (χ0n) is 29.5. The van der Waals surface area contributed by atoms with Crippen molar-refractivity contribution in [3.8, 4) is 28.7 Å². The summed E-state index contributed by atoms with van der Waals surface area (Å²) in [5.41, 5.74) is 5.59. The lowest BCUT2D eigenvalue weighted by molar-refractivity contribution is 0.669. The van der Waals surface area contributed by atoms with Gasteiger partial charge in [-0.05, 0) is 42.5 Å². The number of thiophene rings is 2. The number of para-hydroxylation sites is 2. The molecule has 8 aromatic carbocycles. The Kier molecular flexibility index (Phi) is 6.14. The number of nitrogens with zero attached hydrogens (tertiary/aromatic N) is 4. The van der Waals surface area contributed by atoms with Gasteiger partial charge in [0.2, 0.25) is 5.95 Å². The van der Waals surface area contributed by atoms with Gasteiger partial charge in [-0.15, -0.1) is 22.7 Å². The molecular formula is C49H26N4OS2. The van der Waals surface area contributed by atoms with E-state index in [0.717, 1.165) is 44.1 Å². The Morgan fingerprint density at radius 2 is 1.05 bits per heavy atom. The first-order valence-corrected chi connectivity index (χ1v) is 20.2. The van der Waals surface area contributed by atoms with E-state index in [2.05, 4.69) is 126 Å². The van der Waals surface area contributed by atoms with E-state index in [1.165, 1.54) is 61.9 Å². The molecule has 13 aromatic rings. The average molecular weight is 751 g/mol. The monoisotopic (exact) mass is 750 g/mol. The first kappa shape index (κ1) is 30.4. The summed E-state index contributed by atoms with van der Waals surface area (Å²) in [6.07, 6.45) is 0. The molecule has 0 saturated heterocycles. The van der Waals surface area contributed by atoms with Gasteiger partial charge >= 0.3 is 0 Å². The molecule has 5 nitrogen and oxygen atoms in total. The standard InChI is InChI=1S/C49H26N4OS2/c1-2-12-27(13-3-1)47-50-48(28-22-23-30-29-14-5-9-19-36(29)54-37(30)26-28)52-49(51-47)53-35-18-8-4-15-31(35)44-45(53)34-24-25-40-41(32-16-6-10-20-38(32)55-40)42(34)43-33-17-7-11-21-39(33)56-46(43)44/h1-26H. The number of fused-ring (bicyclic) bond motifs is 17. The van der Waals surface area contributed by atoms with Gasteiger partial charge < -0.3 is 4.42 Å². The van der Waals surface area contributed by atoms with E-state index >= 15 is 0 Å².